The molecule has 22 heavy (non-hydrogen) atoms. The summed E-state index contributed by atoms with van der Waals surface area (Å²) >= 11 is 0. The third-order valence-electron chi connectivity index (χ3n) is 5.33. The summed E-state index contributed by atoms with van der Waals surface area (Å²) in [7, 11) is -3.09. The highest BCUT2D eigenvalue weighted by Gasteiger charge is 2.39. The van der Waals surface area contributed by atoms with Crippen molar-refractivity contribution in [1.29, 1.82) is 0 Å². The van der Waals surface area contributed by atoms with Gasteiger partial charge in [-0.25, -0.2) is 13.1 Å². The van der Waals surface area contributed by atoms with E-state index in [0.717, 1.165) is 6.54 Å². The molecule has 1 unspecified atom stereocenters. The standard InChI is InChI=1S/C16H33N3O2S/c1-3-22(20,21)18-13-15(2)17-14-16(9-5-6-10-16)19-11-7-4-8-12-19/h15,17-18H,3-14H2,1-2H3. The van der Waals surface area contributed by atoms with Gasteiger partial charge in [0.25, 0.3) is 0 Å². The number of nitrogens with one attached hydrogen (secondary N) is 2. The van der Waals surface area contributed by atoms with E-state index in [1.807, 2.05) is 0 Å². The molecule has 0 aromatic rings. The van der Waals surface area contributed by atoms with Crippen LogP contribution in [0.25, 0.3) is 0 Å². The molecule has 1 atom stereocenters. The van der Waals surface area contributed by atoms with Gasteiger partial charge in [-0.3, -0.25) is 4.90 Å². The molecule has 1 heterocycles. The van der Waals surface area contributed by atoms with Gasteiger partial charge in [-0.15, -0.1) is 0 Å². The lowest BCUT2D eigenvalue weighted by molar-refractivity contribution is 0.0679. The van der Waals surface area contributed by atoms with Crippen molar-refractivity contribution in [2.45, 2.75) is 70.4 Å². The molecule has 0 spiro atoms. The molecule has 2 N–H and O–H groups in total. The number of piperidine rings is 1. The van der Waals surface area contributed by atoms with Crippen molar-refractivity contribution in [2.24, 2.45) is 0 Å². The number of likely N-dealkylation sites (tertiary alicyclic amines) is 1. The maximum Gasteiger partial charge on any atom is 0.211 e. The van der Waals surface area contributed by atoms with E-state index in [-0.39, 0.29) is 11.8 Å². The first-order valence-electron chi connectivity index (χ1n) is 8.93. The van der Waals surface area contributed by atoms with Crippen molar-refractivity contribution in [3.8, 4) is 0 Å². The van der Waals surface area contributed by atoms with Crippen molar-refractivity contribution in [3.05, 3.63) is 0 Å². The topological polar surface area (TPSA) is 61.4 Å². The highest BCUT2D eigenvalue weighted by molar-refractivity contribution is 7.89. The molecule has 0 bridgehead atoms. The zero-order chi connectivity index (χ0) is 16.1. The predicted octanol–water partition coefficient (Wildman–Crippen LogP) is 1.70. The second kappa shape index (κ2) is 8.08. The Morgan fingerprint density at radius 3 is 2.32 bits per heavy atom. The van der Waals surface area contributed by atoms with E-state index in [0.29, 0.717) is 12.1 Å². The van der Waals surface area contributed by atoms with Gasteiger partial charge in [0, 0.05) is 24.7 Å². The molecule has 0 aromatic heterocycles. The maximum atomic E-state index is 11.5. The van der Waals surface area contributed by atoms with Gasteiger partial charge in [0.2, 0.25) is 10.0 Å². The van der Waals surface area contributed by atoms with Crippen LogP contribution in [-0.2, 0) is 10.0 Å². The van der Waals surface area contributed by atoms with Crippen LogP contribution in [0.3, 0.4) is 0 Å². The van der Waals surface area contributed by atoms with Gasteiger partial charge in [-0.05, 0) is 52.6 Å². The molecule has 0 amide bonds. The lowest BCUT2D eigenvalue weighted by Crippen LogP contribution is -2.56. The minimum Gasteiger partial charge on any atom is -0.311 e. The third-order valence-corrected chi connectivity index (χ3v) is 6.70. The van der Waals surface area contributed by atoms with Crippen LogP contribution in [0.1, 0.15) is 58.8 Å². The summed E-state index contributed by atoms with van der Waals surface area (Å²) in [6.07, 6.45) is 9.25. The van der Waals surface area contributed by atoms with Crippen molar-refractivity contribution >= 4 is 10.0 Å². The molecule has 0 radical (unpaired) electrons. The van der Waals surface area contributed by atoms with E-state index in [1.54, 1.807) is 6.92 Å². The lowest BCUT2D eigenvalue weighted by atomic mass is 9.92. The molecule has 0 aromatic carbocycles. The van der Waals surface area contributed by atoms with Gasteiger partial charge in [0.1, 0.15) is 0 Å². The minimum absolute atomic E-state index is 0.150. The summed E-state index contributed by atoms with van der Waals surface area (Å²) in [5.41, 5.74) is 0.318. The molecule has 2 fully saturated rings. The second-order valence-corrected chi connectivity index (χ2v) is 9.11. The fraction of sp³-hybridized carbons (Fsp3) is 1.00. The maximum absolute atomic E-state index is 11.5. The Hall–Kier alpha value is -0.170. The van der Waals surface area contributed by atoms with E-state index >= 15 is 0 Å². The summed E-state index contributed by atoms with van der Waals surface area (Å²) in [5, 5.41) is 3.59. The van der Waals surface area contributed by atoms with Crippen LogP contribution >= 0.6 is 0 Å². The highest BCUT2D eigenvalue weighted by atomic mass is 32.2. The summed E-state index contributed by atoms with van der Waals surface area (Å²) in [6.45, 7) is 7.67. The summed E-state index contributed by atoms with van der Waals surface area (Å²) in [4.78, 5) is 2.71. The Balaban J connectivity index is 1.83. The summed E-state index contributed by atoms with van der Waals surface area (Å²) in [5.74, 6) is 0.150. The Labute approximate surface area is 136 Å². The fourth-order valence-electron chi connectivity index (χ4n) is 3.80. The highest BCUT2D eigenvalue weighted by Crippen LogP contribution is 2.36. The van der Waals surface area contributed by atoms with Crippen LogP contribution in [0.5, 0.6) is 0 Å². The molecule has 5 nitrogen and oxygen atoms in total. The molecule has 1 aliphatic heterocycles. The average Bonchev–Trinajstić information content (AvgIpc) is 3.02. The normalized spacial score (nSPS) is 24.5. The van der Waals surface area contributed by atoms with Crippen LogP contribution in [0.4, 0.5) is 0 Å². The Bertz CT molecular complexity index is 427. The van der Waals surface area contributed by atoms with Crippen LogP contribution < -0.4 is 10.0 Å². The molecular weight excluding hydrogens is 298 g/mol. The predicted molar refractivity (Wildman–Crippen MR) is 91.6 cm³/mol. The average molecular weight is 332 g/mol. The summed E-state index contributed by atoms with van der Waals surface area (Å²) in [6, 6.07) is 0.170. The molecule has 1 saturated heterocycles. The fourth-order valence-corrected chi connectivity index (χ4v) is 4.50. The van der Waals surface area contributed by atoms with Gasteiger partial charge in [0.05, 0.1) is 5.75 Å². The first-order chi connectivity index (χ1) is 10.5. The van der Waals surface area contributed by atoms with Gasteiger partial charge in [0.15, 0.2) is 0 Å². The van der Waals surface area contributed by atoms with E-state index in [4.69, 9.17) is 0 Å². The monoisotopic (exact) mass is 331 g/mol. The van der Waals surface area contributed by atoms with E-state index in [9.17, 15) is 8.42 Å². The molecule has 1 saturated carbocycles. The van der Waals surface area contributed by atoms with Crippen LogP contribution in [0.2, 0.25) is 0 Å². The van der Waals surface area contributed by atoms with Crippen molar-refractivity contribution in [2.75, 3.05) is 31.9 Å². The van der Waals surface area contributed by atoms with Crippen molar-refractivity contribution < 1.29 is 8.42 Å². The van der Waals surface area contributed by atoms with E-state index < -0.39 is 10.0 Å². The van der Waals surface area contributed by atoms with E-state index in [1.165, 1.54) is 58.0 Å². The number of nitrogens with zero attached hydrogens (tertiary/aromatic N) is 1. The first-order valence-corrected chi connectivity index (χ1v) is 10.6. The van der Waals surface area contributed by atoms with Gasteiger partial charge in [-0.2, -0.15) is 0 Å². The van der Waals surface area contributed by atoms with Crippen LogP contribution in [0, 0.1) is 0 Å². The Morgan fingerprint density at radius 1 is 1.09 bits per heavy atom. The van der Waals surface area contributed by atoms with Gasteiger partial charge >= 0.3 is 0 Å². The molecule has 6 heteroatoms. The SMILES string of the molecule is CCS(=O)(=O)NCC(C)NCC1(N2CCCCC2)CCCC1. The zero-order valence-corrected chi connectivity index (χ0v) is 15.1. The lowest BCUT2D eigenvalue weighted by Gasteiger charge is -2.44. The minimum atomic E-state index is -3.09. The van der Waals surface area contributed by atoms with Crippen molar-refractivity contribution in [3.63, 3.8) is 0 Å². The number of rotatable bonds is 8. The molecule has 130 valence electrons. The first kappa shape index (κ1) is 18.2. The Kier molecular flexibility index (Phi) is 6.68. The van der Waals surface area contributed by atoms with Crippen LogP contribution in [0.15, 0.2) is 0 Å². The van der Waals surface area contributed by atoms with Crippen molar-refractivity contribution in [1.82, 2.24) is 14.9 Å². The zero-order valence-electron chi connectivity index (χ0n) is 14.2. The van der Waals surface area contributed by atoms with Crippen LogP contribution in [-0.4, -0.2) is 56.8 Å². The van der Waals surface area contributed by atoms with Gasteiger partial charge in [-0.1, -0.05) is 19.3 Å². The molecule has 1 aliphatic carbocycles. The third kappa shape index (κ3) is 4.91. The van der Waals surface area contributed by atoms with Gasteiger partial charge < -0.3 is 5.32 Å². The summed E-state index contributed by atoms with van der Waals surface area (Å²) < 4.78 is 25.7. The number of hydrogen-bond acceptors (Lipinski definition) is 4. The Morgan fingerprint density at radius 2 is 1.73 bits per heavy atom. The van der Waals surface area contributed by atoms with E-state index in [2.05, 4.69) is 21.9 Å². The second-order valence-electron chi connectivity index (χ2n) is 7.01. The molecule has 2 aliphatic rings. The smallest absolute Gasteiger partial charge is 0.211 e. The number of hydrogen-bond donors (Lipinski definition) is 2. The molecule has 2 rings (SSSR count). The largest absolute Gasteiger partial charge is 0.311 e. The molecular formula is C16H33N3O2S. The quantitative estimate of drug-likeness (QED) is 0.711. The number of sulfonamides is 1.